The fourth-order valence-electron chi connectivity index (χ4n) is 1.02. The highest BCUT2D eigenvalue weighted by molar-refractivity contribution is 7.90. The van der Waals surface area contributed by atoms with Gasteiger partial charge in [0, 0.05) is 18.3 Å². The zero-order valence-corrected chi connectivity index (χ0v) is 10.6. The first-order chi connectivity index (χ1) is 6.20. The number of hydrogen-bond acceptors (Lipinski definition) is 3. The summed E-state index contributed by atoms with van der Waals surface area (Å²) in [5.74, 6) is 0.0902. The van der Waals surface area contributed by atoms with E-state index < -0.39 is 9.84 Å². The van der Waals surface area contributed by atoms with E-state index in [1.165, 1.54) is 6.26 Å². The molecule has 1 unspecified atom stereocenters. The molecule has 0 aromatic heterocycles. The molecule has 0 fully saturated rings. The Kier molecular flexibility index (Phi) is 5.36. The van der Waals surface area contributed by atoms with Gasteiger partial charge in [-0.05, 0) is 33.0 Å². The molecule has 1 atom stereocenters. The molecule has 0 aliphatic carbocycles. The summed E-state index contributed by atoms with van der Waals surface area (Å²) in [6.07, 6.45) is 1.21. The molecule has 0 saturated carbocycles. The van der Waals surface area contributed by atoms with Gasteiger partial charge in [-0.1, -0.05) is 0 Å². The van der Waals surface area contributed by atoms with Crippen LogP contribution < -0.4 is 10.6 Å². The third-order valence-electron chi connectivity index (χ3n) is 1.35. The average Bonchev–Trinajstić information content (AvgIpc) is 1.77. The van der Waals surface area contributed by atoms with Crippen molar-refractivity contribution in [2.45, 2.75) is 32.9 Å². The van der Waals surface area contributed by atoms with E-state index in [1.54, 1.807) is 6.92 Å². The van der Waals surface area contributed by atoms with Crippen LogP contribution in [0.4, 0.5) is 0 Å². The number of nitrogens with one attached hydrogen (secondary N) is 2. The lowest BCUT2D eigenvalue weighted by Crippen LogP contribution is -2.45. The van der Waals surface area contributed by atoms with Crippen LogP contribution in [0.15, 0.2) is 0 Å². The average molecular weight is 238 g/mol. The summed E-state index contributed by atoms with van der Waals surface area (Å²) >= 11 is 4.98. The van der Waals surface area contributed by atoms with E-state index in [4.69, 9.17) is 12.2 Å². The molecule has 0 aromatic rings. The maximum absolute atomic E-state index is 10.9. The van der Waals surface area contributed by atoms with E-state index in [-0.39, 0.29) is 17.8 Å². The normalized spacial score (nSPS) is 13.8. The van der Waals surface area contributed by atoms with E-state index in [0.717, 1.165) is 0 Å². The molecule has 0 aliphatic heterocycles. The highest BCUT2D eigenvalue weighted by Crippen LogP contribution is 1.90. The predicted octanol–water partition coefficient (Wildman–Crippen LogP) is 0.292. The monoisotopic (exact) mass is 238 g/mol. The van der Waals surface area contributed by atoms with E-state index in [1.807, 2.05) is 13.8 Å². The highest BCUT2D eigenvalue weighted by Gasteiger charge is 2.11. The van der Waals surface area contributed by atoms with Crippen molar-refractivity contribution in [3.63, 3.8) is 0 Å². The van der Waals surface area contributed by atoms with Gasteiger partial charge in [0.05, 0.1) is 5.75 Å². The summed E-state index contributed by atoms with van der Waals surface area (Å²) in [4.78, 5) is 0. The molecule has 0 heterocycles. The SMILES string of the molecule is CC(C)NC(=S)NC(C)CS(C)(=O)=O. The van der Waals surface area contributed by atoms with E-state index in [2.05, 4.69) is 10.6 Å². The van der Waals surface area contributed by atoms with Crippen LogP contribution in [0.1, 0.15) is 20.8 Å². The standard InChI is InChI=1S/C8H18N2O2S2/c1-6(2)9-8(13)10-7(3)5-14(4,11)12/h6-7H,5H2,1-4H3,(H2,9,10,13). The number of thiocarbonyl (C=S) groups is 1. The van der Waals surface area contributed by atoms with Crippen LogP contribution in [-0.4, -0.2) is 37.6 Å². The van der Waals surface area contributed by atoms with Gasteiger partial charge in [-0.2, -0.15) is 0 Å². The topological polar surface area (TPSA) is 58.2 Å². The van der Waals surface area contributed by atoms with Crippen molar-refractivity contribution in [1.29, 1.82) is 0 Å². The summed E-state index contributed by atoms with van der Waals surface area (Å²) in [5.41, 5.74) is 0. The molecule has 0 saturated heterocycles. The minimum Gasteiger partial charge on any atom is -0.361 e. The molecule has 0 aromatic carbocycles. The number of hydrogen-bond donors (Lipinski definition) is 2. The smallest absolute Gasteiger partial charge is 0.166 e. The van der Waals surface area contributed by atoms with Crippen molar-refractivity contribution in [3.8, 4) is 0 Å². The lowest BCUT2D eigenvalue weighted by molar-refractivity contribution is 0.589. The molecule has 0 spiro atoms. The maximum atomic E-state index is 10.9. The Morgan fingerprint density at radius 3 is 2.14 bits per heavy atom. The van der Waals surface area contributed by atoms with E-state index in [0.29, 0.717) is 5.11 Å². The molecule has 84 valence electrons. The van der Waals surface area contributed by atoms with Crippen molar-refractivity contribution in [2.75, 3.05) is 12.0 Å². The van der Waals surface area contributed by atoms with Crippen molar-refractivity contribution >= 4 is 27.2 Å². The van der Waals surface area contributed by atoms with Crippen LogP contribution in [0.2, 0.25) is 0 Å². The lowest BCUT2D eigenvalue weighted by Gasteiger charge is -2.17. The summed E-state index contributed by atoms with van der Waals surface area (Å²) in [6, 6.07) is 0.0872. The Morgan fingerprint density at radius 1 is 1.29 bits per heavy atom. The van der Waals surface area contributed by atoms with Crippen LogP contribution >= 0.6 is 12.2 Å². The lowest BCUT2D eigenvalue weighted by atomic mass is 10.4. The van der Waals surface area contributed by atoms with Gasteiger partial charge in [-0.15, -0.1) is 0 Å². The first-order valence-electron chi connectivity index (χ1n) is 4.45. The third-order valence-corrected chi connectivity index (χ3v) is 2.69. The van der Waals surface area contributed by atoms with Crippen LogP contribution in [0.25, 0.3) is 0 Å². The molecule has 0 amide bonds. The van der Waals surface area contributed by atoms with Crippen molar-refractivity contribution in [2.24, 2.45) is 0 Å². The second-order valence-electron chi connectivity index (χ2n) is 3.77. The fraction of sp³-hybridized carbons (Fsp3) is 0.875. The van der Waals surface area contributed by atoms with Crippen molar-refractivity contribution in [3.05, 3.63) is 0 Å². The fourth-order valence-corrected chi connectivity index (χ4v) is 2.45. The van der Waals surface area contributed by atoms with Crippen molar-refractivity contribution in [1.82, 2.24) is 10.6 Å². The summed E-state index contributed by atoms with van der Waals surface area (Å²) in [6.45, 7) is 5.72. The van der Waals surface area contributed by atoms with Gasteiger partial charge >= 0.3 is 0 Å². The molecule has 0 aliphatic rings. The van der Waals surface area contributed by atoms with Crippen LogP contribution in [0, 0.1) is 0 Å². The summed E-state index contributed by atoms with van der Waals surface area (Å²) < 4.78 is 21.9. The van der Waals surface area contributed by atoms with Gasteiger partial charge in [0.2, 0.25) is 0 Å². The Hall–Kier alpha value is -0.360. The Morgan fingerprint density at radius 2 is 1.79 bits per heavy atom. The second-order valence-corrected chi connectivity index (χ2v) is 6.36. The van der Waals surface area contributed by atoms with Gasteiger partial charge in [0.1, 0.15) is 9.84 Å². The van der Waals surface area contributed by atoms with Gasteiger partial charge in [0.15, 0.2) is 5.11 Å². The van der Waals surface area contributed by atoms with Gasteiger partial charge < -0.3 is 10.6 Å². The zero-order valence-electron chi connectivity index (χ0n) is 8.99. The largest absolute Gasteiger partial charge is 0.361 e. The van der Waals surface area contributed by atoms with Crippen LogP contribution in [0.5, 0.6) is 0 Å². The molecular weight excluding hydrogens is 220 g/mol. The van der Waals surface area contributed by atoms with Gasteiger partial charge in [-0.3, -0.25) is 0 Å². The zero-order chi connectivity index (χ0) is 11.4. The first kappa shape index (κ1) is 13.6. The minimum atomic E-state index is -2.95. The molecule has 6 heteroatoms. The molecular formula is C8H18N2O2S2. The maximum Gasteiger partial charge on any atom is 0.166 e. The Labute approximate surface area is 91.4 Å². The van der Waals surface area contributed by atoms with Crippen LogP contribution in [0.3, 0.4) is 0 Å². The Bertz CT molecular complexity index is 286. The second kappa shape index (κ2) is 5.50. The summed E-state index contributed by atoms with van der Waals surface area (Å²) in [5, 5.41) is 6.39. The molecule has 14 heavy (non-hydrogen) atoms. The van der Waals surface area contributed by atoms with Gasteiger partial charge in [-0.25, -0.2) is 8.42 Å². The molecule has 4 nitrogen and oxygen atoms in total. The minimum absolute atomic E-state index is 0.0902. The van der Waals surface area contributed by atoms with E-state index in [9.17, 15) is 8.42 Å². The van der Waals surface area contributed by atoms with Crippen LogP contribution in [-0.2, 0) is 9.84 Å². The number of sulfone groups is 1. The number of rotatable bonds is 4. The Balaban J connectivity index is 3.95. The molecule has 0 rings (SSSR count). The van der Waals surface area contributed by atoms with E-state index >= 15 is 0 Å². The van der Waals surface area contributed by atoms with Crippen molar-refractivity contribution < 1.29 is 8.42 Å². The molecule has 0 bridgehead atoms. The molecule has 2 N–H and O–H groups in total. The molecule has 0 radical (unpaired) electrons. The summed E-state index contributed by atoms with van der Waals surface area (Å²) in [7, 11) is -2.95. The third kappa shape index (κ3) is 8.25. The first-order valence-corrected chi connectivity index (χ1v) is 6.92. The highest BCUT2D eigenvalue weighted by atomic mass is 32.2. The predicted molar refractivity (Wildman–Crippen MR) is 63.2 cm³/mol. The quantitative estimate of drug-likeness (QED) is 0.690. The van der Waals surface area contributed by atoms with Gasteiger partial charge in [0.25, 0.3) is 0 Å².